The molecule has 0 aliphatic carbocycles. The van der Waals surface area contributed by atoms with Crippen LogP contribution in [0, 0.1) is 5.41 Å². The van der Waals surface area contributed by atoms with E-state index in [9.17, 15) is 0 Å². The maximum absolute atomic E-state index is 5.82. The average molecular weight is 292 g/mol. The van der Waals surface area contributed by atoms with Gasteiger partial charge in [-0.1, -0.05) is 65.8 Å². The summed E-state index contributed by atoms with van der Waals surface area (Å²) in [6.45, 7) is 15.7. The largest absolute Gasteiger partial charge is 0.382 e. The average Bonchev–Trinajstić information content (AvgIpc) is 2.36. The van der Waals surface area contributed by atoms with Gasteiger partial charge in [0, 0.05) is 13.0 Å². The molecule has 2 heteroatoms. The van der Waals surface area contributed by atoms with Crippen molar-refractivity contribution < 1.29 is 9.47 Å². The lowest BCUT2D eigenvalue weighted by molar-refractivity contribution is 0.0464. The molecule has 0 radical (unpaired) electrons. The highest BCUT2D eigenvalue weighted by Gasteiger charge is 2.27. The van der Waals surface area contributed by atoms with E-state index in [1.807, 2.05) is 0 Å². The minimum absolute atomic E-state index is 0.170. The third kappa shape index (κ3) is 5.80. The molecule has 1 aromatic rings. The van der Waals surface area contributed by atoms with Crippen LogP contribution in [0.15, 0.2) is 24.3 Å². The fraction of sp³-hybridized carbons (Fsp3) is 0.684. The Morgan fingerprint density at radius 2 is 1.67 bits per heavy atom. The minimum atomic E-state index is 0.170. The number of methoxy groups -OCH3 is 1. The molecule has 1 atom stereocenters. The Balaban J connectivity index is 2.93. The van der Waals surface area contributed by atoms with E-state index in [0.717, 1.165) is 6.61 Å². The van der Waals surface area contributed by atoms with Gasteiger partial charge in [-0.3, -0.25) is 0 Å². The fourth-order valence-corrected chi connectivity index (χ4v) is 2.41. The maximum Gasteiger partial charge on any atom is 0.0700 e. The topological polar surface area (TPSA) is 18.5 Å². The second-order valence-electron chi connectivity index (χ2n) is 7.86. The van der Waals surface area contributed by atoms with Crippen LogP contribution in [0.4, 0.5) is 0 Å². The highest BCUT2D eigenvalue weighted by molar-refractivity contribution is 5.31. The van der Waals surface area contributed by atoms with Crippen LogP contribution in [-0.4, -0.2) is 26.9 Å². The van der Waals surface area contributed by atoms with Crippen LogP contribution in [0.5, 0.6) is 0 Å². The van der Waals surface area contributed by atoms with E-state index in [1.165, 1.54) is 11.1 Å². The van der Waals surface area contributed by atoms with Crippen LogP contribution in [0.25, 0.3) is 0 Å². The van der Waals surface area contributed by atoms with E-state index in [-0.39, 0.29) is 10.8 Å². The molecule has 1 unspecified atom stereocenters. The normalized spacial score (nSPS) is 14.2. The van der Waals surface area contributed by atoms with Gasteiger partial charge in [-0.25, -0.2) is 0 Å². The first-order chi connectivity index (χ1) is 9.66. The fourth-order valence-electron chi connectivity index (χ4n) is 2.41. The summed E-state index contributed by atoms with van der Waals surface area (Å²) in [6.07, 6.45) is 0. The van der Waals surface area contributed by atoms with E-state index in [4.69, 9.17) is 9.47 Å². The van der Waals surface area contributed by atoms with E-state index in [2.05, 4.69) is 65.8 Å². The number of hydrogen-bond acceptors (Lipinski definition) is 2. The molecule has 1 rings (SSSR count). The van der Waals surface area contributed by atoms with E-state index >= 15 is 0 Å². The molecule has 0 aromatic heterocycles. The highest BCUT2D eigenvalue weighted by atomic mass is 16.5. The summed E-state index contributed by atoms with van der Waals surface area (Å²) in [6, 6.07) is 8.96. The van der Waals surface area contributed by atoms with Crippen molar-refractivity contribution in [3.63, 3.8) is 0 Å². The summed E-state index contributed by atoms with van der Waals surface area (Å²) in [5, 5.41) is 0. The molecule has 0 bridgehead atoms. The summed E-state index contributed by atoms with van der Waals surface area (Å²) < 4.78 is 10.9. The molecule has 0 saturated carbocycles. The lowest BCUT2D eigenvalue weighted by Gasteiger charge is -2.32. The second-order valence-corrected chi connectivity index (χ2v) is 7.86. The summed E-state index contributed by atoms with van der Waals surface area (Å²) in [4.78, 5) is 0. The van der Waals surface area contributed by atoms with Gasteiger partial charge in [-0.05, 0) is 22.0 Å². The van der Waals surface area contributed by atoms with Crippen LogP contribution in [0.2, 0.25) is 0 Å². The van der Waals surface area contributed by atoms with Crippen molar-refractivity contribution >= 4 is 0 Å². The Morgan fingerprint density at radius 1 is 1.00 bits per heavy atom. The van der Waals surface area contributed by atoms with Gasteiger partial charge in [0.05, 0.1) is 19.8 Å². The van der Waals surface area contributed by atoms with Crippen molar-refractivity contribution in [2.45, 2.75) is 52.9 Å². The molecule has 0 N–H and O–H groups in total. The summed E-state index contributed by atoms with van der Waals surface area (Å²) in [7, 11) is 1.71. The lowest BCUT2D eigenvalue weighted by Crippen LogP contribution is -2.24. The number of rotatable bonds is 6. The van der Waals surface area contributed by atoms with Gasteiger partial charge >= 0.3 is 0 Å². The molecule has 0 spiro atoms. The van der Waals surface area contributed by atoms with Crippen molar-refractivity contribution in [3.05, 3.63) is 35.4 Å². The van der Waals surface area contributed by atoms with Crippen LogP contribution < -0.4 is 0 Å². The predicted octanol–water partition coefficient (Wildman–Crippen LogP) is 4.78. The standard InChI is InChI=1S/C19H32O2/c1-18(2,3)16-10-8-9-15(13-16)17(19(4,5)6)14-21-12-11-20-7/h8-10,13,17H,11-12,14H2,1-7H3. The quantitative estimate of drug-likeness (QED) is 0.703. The highest BCUT2D eigenvalue weighted by Crippen LogP contribution is 2.36. The van der Waals surface area contributed by atoms with E-state index in [1.54, 1.807) is 7.11 Å². The number of benzene rings is 1. The zero-order valence-electron chi connectivity index (χ0n) is 14.8. The molecular formula is C19H32O2. The van der Waals surface area contributed by atoms with Gasteiger partial charge in [0.2, 0.25) is 0 Å². The Labute approximate surface area is 130 Å². The summed E-state index contributed by atoms with van der Waals surface area (Å²) in [5.41, 5.74) is 3.09. The van der Waals surface area contributed by atoms with Gasteiger partial charge in [0.25, 0.3) is 0 Å². The second kappa shape index (κ2) is 7.42. The molecule has 0 saturated heterocycles. The Bertz CT molecular complexity index is 424. The first-order valence-electron chi connectivity index (χ1n) is 7.83. The zero-order valence-corrected chi connectivity index (χ0v) is 14.8. The van der Waals surface area contributed by atoms with Crippen molar-refractivity contribution in [3.8, 4) is 0 Å². The van der Waals surface area contributed by atoms with Crippen molar-refractivity contribution in [2.75, 3.05) is 26.9 Å². The number of ether oxygens (including phenoxy) is 2. The van der Waals surface area contributed by atoms with Crippen molar-refractivity contribution in [2.24, 2.45) is 5.41 Å². The Kier molecular flexibility index (Phi) is 6.42. The lowest BCUT2D eigenvalue weighted by atomic mass is 9.75. The molecule has 0 aliphatic heterocycles. The van der Waals surface area contributed by atoms with Crippen LogP contribution in [0.3, 0.4) is 0 Å². The molecule has 0 fully saturated rings. The molecule has 0 aliphatic rings. The van der Waals surface area contributed by atoms with Crippen LogP contribution in [0.1, 0.15) is 58.6 Å². The molecule has 0 heterocycles. The van der Waals surface area contributed by atoms with E-state index < -0.39 is 0 Å². The summed E-state index contributed by atoms with van der Waals surface area (Å²) in [5.74, 6) is 0.386. The van der Waals surface area contributed by atoms with Crippen molar-refractivity contribution in [1.82, 2.24) is 0 Å². The Morgan fingerprint density at radius 3 is 2.19 bits per heavy atom. The number of hydrogen-bond donors (Lipinski definition) is 0. The molecular weight excluding hydrogens is 260 g/mol. The van der Waals surface area contributed by atoms with Gasteiger partial charge in [0.15, 0.2) is 0 Å². The molecule has 120 valence electrons. The van der Waals surface area contributed by atoms with Gasteiger partial charge < -0.3 is 9.47 Å². The third-order valence-corrected chi connectivity index (χ3v) is 3.92. The Hall–Kier alpha value is -0.860. The first kappa shape index (κ1) is 18.2. The zero-order chi connectivity index (χ0) is 16.1. The van der Waals surface area contributed by atoms with Gasteiger partial charge in [-0.2, -0.15) is 0 Å². The van der Waals surface area contributed by atoms with Crippen LogP contribution in [-0.2, 0) is 14.9 Å². The van der Waals surface area contributed by atoms with E-state index in [0.29, 0.717) is 19.1 Å². The molecule has 2 nitrogen and oxygen atoms in total. The maximum atomic E-state index is 5.82. The first-order valence-corrected chi connectivity index (χ1v) is 7.83. The monoisotopic (exact) mass is 292 g/mol. The van der Waals surface area contributed by atoms with Gasteiger partial charge in [0.1, 0.15) is 0 Å². The SMILES string of the molecule is COCCOCC(c1cccc(C(C)(C)C)c1)C(C)(C)C. The third-order valence-electron chi connectivity index (χ3n) is 3.92. The minimum Gasteiger partial charge on any atom is -0.382 e. The summed E-state index contributed by atoms with van der Waals surface area (Å²) >= 11 is 0. The predicted molar refractivity (Wildman–Crippen MR) is 90.0 cm³/mol. The van der Waals surface area contributed by atoms with Gasteiger partial charge in [-0.15, -0.1) is 0 Å². The molecule has 0 amide bonds. The molecule has 1 aromatic carbocycles. The van der Waals surface area contributed by atoms with Crippen molar-refractivity contribution in [1.29, 1.82) is 0 Å². The molecule has 21 heavy (non-hydrogen) atoms. The van der Waals surface area contributed by atoms with Crippen LogP contribution >= 0.6 is 0 Å². The smallest absolute Gasteiger partial charge is 0.0700 e.